The van der Waals surface area contributed by atoms with Gasteiger partial charge < -0.3 is 24.4 Å². The lowest BCUT2D eigenvalue weighted by Crippen LogP contribution is -2.61. The molecule has 194 valence electrons. The number of nitrogens with zero attached hydrogens (tertiary/aromatic N) is 2. The highest BCUT2D eigenvalue weighted by Gasteiger charge is 2.72. The summed E-state index contributed by atoms with van der Waals surface area (Å²) in [6.45, 7) is 12.6. The van der Waals surface area contributed by atoms with Crippen molar-refractivity contribution in [3.8, 4) is 0 Å². The molecule has 1 N–H and O–H groups in total. The molecule has 0 aromatic carbocycles. The molecule has 0 bridgehead atoms. The zero-order chi connectivity index (χ0) is 25.8. The quantitative estimate of drug-likeness (QED) is 0.482. The third-order valence-electron chi connectivity index (χ3n) is 7.72. The number of ether oxygens (including phenoxy) is 2. The number of allylic oxidation sites excluding steroid dienone is 1. The second-order valence-electron chi connectivity index (χ2n) is 12.3. The number of carbonyl (C=O) groups excluding carboxylic acids is 3. The van der Waals surface area contributed by atoms with Crippen molar-refractivity contribution in [2.24, 2.45) is 17.3 Å². The fourth-order valence-corrected chi connectivity index (χ4v) is 6.69. The van der Waals surface area contributed by atoms with Crippen molar-refractivity contribution in [2.75, 3.05) is 19.8 Å². The summed E-state index contributed by atoms with van der Waals surface area (Å²) >= 11 is 0. The fraction of sp³-hybridized carbons (Fsp3) is 0.741. The Morgan fingerprint density at radius 2 is 1.86 bits per heavy atom. The summed E-state index contributed by atoms with van der Waals surface area (Å²) in [5.74, 6) is -2.77. The van der Waals surface area contributed by atoms with Crippen LogP contribution in [0.25, 0.3) is 0 Å². The molecule has 35 heavy (non-hydrogen) atoms. The zero-order valence-corrected chi connectivity index (χ0v) is 21.8. The number of esters is 1. The van der Waals surface area contributed by atoms with Gasteiger partial charge in [-0.25, -0.2) is 0 Å². The lowest BCUT2D eigenvalue weighted by Gasteiger charge is -2.45. The molecule has 0 saturated carbocycles. The lowest BCUT2D eigenvalue weighted by atomic mass is 9.77. The number of hydrogen-bond donors (Lipinski definition) is 1. The summed E-state index contributed by atoms with van der Waals surface area (Å²) in [6, 6.07) is -1.58. The average Bonchev–Trinajstić information content (AvgIpc) is 3.16. The molecule has 0 radical (unpaired) electrons. The van der Waals surface area contributed by atoms with Gasteiger partial charge in [0.25, 0.3) is 0 Å². The number of carbonyl (C=O) groups is 3. The van der Waals surface area contributed by atoms with Crippen LogP contribution in [0.4, 0.5) is 0 Å². The molecule has 2 saturated heterocycles. The molecule has 8 heteroatoms. The van der Waals surface area contributed by atoms with Crippen LogP contribution in [0.2, 0.25) is 0 Å². The van der Waals surface area contributed by atoms with E-state index in [-0.39, 0.29) is 30.4 Å². The molecular formula is C27H40N2O6. The molecule has 4 aliphatic heterocycles. The van der Waals surface area contributed by atoms with Crippen molar-refractivity contribution < 1.29 is 29.0 Å². The maximum absolute atomic E-state index is 14.3. The summed E-state index contributed by atoms with van der Waals surface area (Å²) in [5.41, 5.74) is -1.81. The summed E-state index contributed by atoms with van der Waals surface area (Å²) in [7, 11) is 0. The van der Waals surface area contributed by atoms with Crippen LogP contribution in [0.1, 0.15) is 60.8 Å². The summed E-state index contributed by atoms with van der Waals surface area (Å²) in [6.07, 6.45) is 9.09. The first-order valence-corrected chi connectivity index (χ1v) is 12.8. The number of fused-ring (bicyclic) bond motifs is 2. The van der Waals surface area contributed by atoms with E-state index < -0.39 is 47.1 Å². The first-order valence-electron chi connectivity index (χ1n) is 12.8. The Hall–Kier alpha value is -2.19. The van der Waals surface area contributed by atoms with Crippen molar-refractivity contribution in [2.45, 2.75) is 90.1 Å². The Morgan fingerprint density at radius 1 is 1.14 bits per heavy atom. The monoisotopic (exact) mass is 488 g/mol. The van der Waals surface area contributed by atoms with Crippen LogP contribution in [0.5, 0.6) is 0 Å². The second kappa shape index (κ2) is 9.04. The topological polar surface area (TPSA) is 96.4 Å². The normalized spacial score (nSPS) is 35.3. The molecule has 8 nitrogen and oxygen atoms in total. The highest BCUT2D eigenvalue weighted by Crippen LogP contribution is 2.54. The predicted molar refractivity (Wildman–Crippen MR) is 130 cm³/mol. The molecular weight excluding hydrogens is 448 g/mol. The van der Waals surface area contributed by atoms with Gasteiger partial charge in [-0.05, 0) is 45.4 Å². The van der Waals surface area contributed by atoms with E-state index >= 15 is 0 Å². The number of amides is 2. The molecule has 0 aromatic rings. The van der Waals surface area contributed by atoms with Gasteiger partial charge in [0.05, 0.1) is 31.3 Å². The average molecular weight is 489 g/mol. The zero-order valence-electron chi connectivity index (χ0n) is 21.8. The number of cyclic esters (lactones) is 1. The molecule has 4 aliphatic rings. The van der Waals surface area contributed by atoms with Crippen molar-refractivity contribution in [1.29, 1.82) is 0 Å². The van der Waals surface area contributed by atoms with Crippen LogP contribution >= 0.6 is 0 Å². The number of aliphatic hydroxyl groups excluding tert-OH is 1. The van der Waals surface area contributed by atoms with Gasteiger partial charge in [-0.3, -0.25) is 14.4 Å². The van der Waals surface area contributed by atoms with Gasteiger partial charge in [0.15, 0.2) is 0 Å². The highest BCUT2D eigenvalue weighted by molar-refractivity contribution is 5.99. The van der Waals surface area contributed by atoms with Crippen molar-refractivity contribution in [1.82, 2.24) is 9.80 Å². The minimum Gasteiger partial charge on any atom is -0.465 e. The van der Waals surface area contributed by atoms with E-state index in [9.17, 15) is 19.5 Å². The SMILES string of the molecule is C[C@H](CO)N1C(=O)[C@@H]2[C@H]3C(=O)OCCC/C=C\[C@H]3O[C@@]23C=CCN(C(C)(C)CC(C)(C)C)C(=O)C13. The number of aliphatic hydroxyl groups is 1. The van der Waals surface area contributed by atoms with Crippen LogP contribution in [-0.4, -0.2) is 81.8 Å². The molecule has 4 rings (SSSR count). The minimum absolute atomic E-state index is 0.0219. The van der Waals surface area contributed by atoms with Crippen molar-refractivity contribution in [3.63, 3.8) is 0 Å². The van der Waals surface area contributed by atoms with Crippen LogP contribution < -0.4 is 0 Å². The van der Waals surface area contributed by atoms with Gasteiger partial charge >= 0.3 is 5.97 Å². The Kier molecular flexibility index (Phi) is 6.68. The highest BCUT2D eigenvalue weighted by atomic mass is 16.6. The number of rotatable bonds is 4. The first-order chi connectivity index (χ1) is 16.3. The van der Waals surface area contributed by atoms with E-state index in [0.717, 1.165) is 12.8 Å². The maximum Gasteiger partial charge on any atom is 0.312 e. The molecule has 4 heterocycles. The predicted octanol–water partition coefficient (Wildman–Crippen LogP) is 2.45. The van der Waals surface area contributed by atoms with E-state index in [0.29, 0.717) is 13.0 Å². The van der Waals surface area contributed by atoms with Crippen LogP contribution in [0, 0.1) is 17.3 Å². The van der Waals surface area contributed by atoms with Crippen LogP contribution in [-0.2, 0) is 23.9 Å². The van der Waals surface area contributed by atoms with Gasteiger partial charge in [0.1, 0.15) is 17.6 Å². The summed E-state index contributed by atoms with van der Waals surface area (Å²) < 4.78 is 12.1. The summed E-state index contributed by atoms with van der Waals surface area (Å²) in [5, 5.41) is 10.0. The lowest BCUT2D eigenvalue weighted by molar-refractivity contribution is -0.157. The molecule has 1 spiro atoms. The Labute approximate surface area is 208 Å². The van der Waals surface area contributed by atoms with E-state index in [1.807, 2.05) is 43.1 Å². The van der Waals surface area contributed by atoms with Crippen molar-refractivity contribution >= 4 is 17.8 Å². The molecule has 1 unspecified atom stereocenters. The van der Waals surface area contributed by atoms with E-state index in [2.05, 4.69) is 20.8 Å². The molecule has 0 aliphatic carbocycles. The van der Waals surface area contributed by atoms with Gasteiger partial charge in [0, 0.05) is 12.1 Å². The second-order valence-corrected chi connectivity index (χ2v) is 12.3. The Balaban J connectivity index is 1.83. The van der Waals surface area contributed by atoms with Crippen LogP contribution in [0.3, 0.4) is 0 Å². The Morgan fingerprint density at radius 3 is 2.51 bits per heavy atom. The van der Waals surface area contributed by atoms with Gasteiger partial charge in [-0.2, -0.15) is 0 Å². The first kappa shape index (κ1) is 25.9. The van der Waals surface area contributed by atoms with Gasteiger partial charge in [-0.1, -0.05) is 45.1 Å². The summed E-state index contributed by atoms with van der Waals surface area (Å²) in [4.78, 5) is 44.8. The molecule has 2 fully saturated rings. The number of likely N-dealkylation sites (tertiary alicyclic amines) is 1. The maximum atomic E-state index is 14.3. The largest absolute Gasteiger partial charge is 0.465 e. The van der Waals surface area contributed by atoms with E-state index in [1.165, 1.54) is 4.90 Å². The third-order valence-corrected chi connectivity index (χ3v) is 7.72. The third kappa shape index (κ3) is 4.33. The fourth-order valence-electron chi connectivity index (χ4n) is 6.69. The van der Waals surface area contributed by atoms with Crippen molar-refractivity contribution in [3.05, 3.63) is 24.3 Å². The molecule has 2 amide bonds. The standard InChI is InChI=1S/C27H40N2O6/c1-17(15-30)29-21-23(32)28(26(5,6)16-25(2,3)4)13-10-12-27(21)20(22(29)31)19-18(35-27)11-8-7-9-14-34-24(19)33/h8,10-12,17-21,30H,7,9,13-16H2,1-6H3/b11-8-/t17-,18-,19+,20+,21?,27+/m1/s1. The Bertz CT molecular complexity index is 934. The van der Waals surface area contributed by atoms with E-state index in [1.54, 1.807) is 6.92 Å². The van der Waals surface area contributed by atoms with Gasteiger partial charge in [0.2, 0.25) is 11.8 Å². The molecule has 6 atom stereocenters. The number of hydrogen-bond acceptors (Lipinski definition) is 6. The molecule has 0 aromatic heterocycles. The minimum atomic E-state index is -1.30. The van der Waals surface area contributed by atoms with Crippen LogP contribution in [0.15, 0.2) is 24.3 Å². The van der Waals surface area contributed by atoms with E-state index in [4.69, 9.17) is 9.47 Å². The van der Waals surface area contributed by atoms with Gasteiger partial charge in [-0.15, -0.1) is 0 Å². The smallest absolute Gasteiger partial charge is 0.312 e.